The van der Waals surface area contributed by atoms with Crippen molar-refractivity contribution < 1.29 is 18.7 Å². The SMILES string of the molecule is CC(C)(NC(=O)c1csc(-c2ccco2)n1)c1ccc2c(c1)OCO2. The van der Waals surface area contributed by atoms with E-state index in [2.05, 4.69) is 10.3 Å². The maximum absolute atomic E-state index is 12.6. The van der Waals surface area contributed by atoms with Crippen LogP contribution in [0.2, 0.25) is 0 Å². The second-order valence-corrected chi connectivity index (χ2v) is 7.02. The van der Waals surface area contributed by atoms with Crippen molar-refractivity contribution in [3.63, 3.8) is 0 Å². The first-order valence-corrected chi connectivity index (χ1v) is 8.63. The van der Waals surface area contributed by atoms with Gasteiger partial charge >= 0.3 is 0 Å². The number of thiazole rings is 1. The molecule has 1 aliphatic rings. The molecular formula is C18H16N2O4S. The molecule has 0 bridgehead atoms. The Kier molecular flexibility index (Phi) is 3.73. The van der Waals surface area contributed by atoms with E-state index in [4.69, 9.17) is 13.9 Å². The molecule has 3 heterocycles. The topological polar surface area (TPSA) is 73.6 Å². The van der Waals surface area contributed by atoms with Crippen molar-refractivity contribution in [1.29, 1.82) is 0 Å². The molecule has 25 heavy (non-hydrogen) atoms. The highest BCUT2D eigenvalue weighted by atomic mass is 32.1. The molecular weight excluding hydrogens is 340 g/mol. The second kappa shape index (κ2) is 5.93. The van der Waals surface area contributed by atoms with Crippen LogP contribution in [0.25, 0.3) is 10.8 Å². The van der Waals surface area contributed by atoms with Crippen molar-refractivity contribution in [3.8, 4) is 22.3 Å². The van der Waals surface area contributed by atoms with Gasteiger partial charge in [0.25, 0.3) is 5.91 Å². The quantitative estimate of drug-likeness (QED) is 0.770. The molecule has 0 radical (unpaired) electrons. The highest BCUT2D eigenvalue weighted by molar-refractivity contribution is 7.13. The van der Waals surface area contributed by atoms with Crippen LogP contribution in [0.15, 0.2) is 46.4 Å². The number of benzene rings is 1. The number of nitrogens with one attached hydrogen (secondary N) is 1. The molecule has 3 aromatic rings. The van der Waals surface area contributed by atoms with Gasteiger partial charge in [-0.05, 0) is 43.7 Å². The number of fused-ring (bicyclic) bond motifs is 1. The Hall–Kier alpha value is -2.80. The van der Waals surface area contributed by atoms with Gasteiger partial charge in [-0.15, -0.1) is 11.3 Å². The standard InChI is InChI=1S/C18H16N2O4S/c1-18(2,11-5-6-13-15(8-11)24-10-23-13)20-16(21)12-9-25-17(19-12)14-4-3-7-22-14/h3-9H,10H2,1-2H3,(H,20,21). The summed E-state index contributed by atoms with van der Waals surface area (Å²) < 4.78 is 16.1. The van der Waals surface area contributed by atoms with E-state index >= 15 is 0 Å². The molecule has 1 aliphatic heterocycles. The van der Waals surface area contributed by atoms with Crippen LogP contribution in [0.5, 0.6) is 11.5 Å². The average Bonchev–Trinajstić information content (AvgIpc) is 3.32. The molecule has 2 aromatic heterocycles. The van der Waals surface area contributed by atoms with Gasteiger partial charge in [0.2, 0.25) is 6.79 Å². The highest BCUT2D eigenvalue weighted by Gasteiger charge is 2.27. The number of ether oxygens (including phenoxy) is 2. The van der Waals surface area contributed by atoms with Crippen molar-refractivity contribution >= 4 is 17.2 Å². The largest absolute Gasteiger partial charge is 0.462 e. The first-order valence-electron chi connectivity index (χ1n) is 7.75. The molecule has 0 atom stereocenters. The predicted octanol–water partition coefficient (Wildman–Crippen LogP) is 3.80. The van der Waals surface area contributed by atoms with E-state index in [1.54, 1.807) is 17.7 Å². The third kappa shape index (κ3) is 2.98. The number of hydrogen-bond acceptors (Lipinski definition) is 6. The average molecular weight is 356 g/mol. The zero-order chi connectivity index (χ0) is 17.4. The Bertz CT molecular complexity index is 915. The highest BCUT2D eigenvalue weighted by Crippen LogP contribution is 2.35. The number of carbonyl (C=O) groups is 1. The molecule has 0 fully saturated rings. The van der Waals surface area contributed by atoms with Crippen LogP contribution in [0.4, 0.5) is 0 Å². The van der Waals surface area contributed by atoms with Crippen molar-refractivity contribution in [2.75, 3.05) is 6.79 Å². The Morgan fingerprint density at radius 3 is 2.88 bits per heavy atom. The van der Waals surface area contributed by atoms with Crippen molar-refractivity contribution in [2.24, 2.45) is 0 Å². The zero-order valence-corrected chi connectivity index (χ0v) is 14.6. The summed E-state index contributed by atoms with van der Waals surface area (Å²) >= 11 is 1.37. The number of rotatable bonds is 4. The maximum atomic E-state index is 12.6. The smallest absolute Gasteiger partial charge is 0.271 e. The molecule has 0 saturated carbocycles. The minimum absolute atomic E-state index is 0.222. The van der Waals surface area contributed by atoms with E-state index in [0.717, 1.165) is 5.56 Å². The molecule has 1 aromatic carbocycles. The minimum atomic E-state index is -0.591. The van der Waals surface area contributed by atoms with Crippen LogP contribution >= 0.6 is 11.3 Å². The molecule has 1 amide bonds. The molecule has 128 valence electrons. The number of amides is 1. The minimum Gasteiger partial charge on any atom is -0.462 e. The van der Waals surface area contributed by atoms with E-state index in [-0.39, 0.29) is 12.7 Å². The van der Waals surface area contributed by atoms with Gasteiger partial charge < -0.3 is 19.2 Å². The lowest BCUT2D eigenvalue weighted by molar-refractivity contribution is 0.0907. The first-order chi connectivity index (χ1) is 12.0. The van der Waals surface area contributed by atoms with E-state index in [1.807, 2.05) is 38.1 Å². The van der Waals surface area contributed by atoms with Gasteiger partial charge in [0.1, 0.15) is 5.69 Å². The summed E-state index contributed by atoms with van der Waals surface area (Å²) in [5, 5.41) is 5.42. The lowest BCUT2D eigenvalue weighted by Gasteiger charge is -2.26. The Balaban J connectivity index is 1.53. The van der Waals surface area contributed by atoms with Crippen LogP contribution in [0.1, 0.15) is 29.9 Å². The number of furan rings is 1. The van der Waals surface area contributed by atoms with E-state index in [9.17, 15) is 4.79 Å². The number of nitrogens with zero attached hydrogens (tertiary/aromatic N) is 1. The number of hydrogen-bond donors (Lipinski definition) is 1. The molecule has 0 unspecified atom stereocenters. The van der Waals surface area contributed by atoms with Gasteiger partial charge in [-0.3, -0.25) is 4.79 Å². The van der Waals surface area contributed by atoms with E-state index in [1.165, 1.54) is 11.3 Å². The molecule has 1 N–H and O–H groups in total. The third-order valence-corrected chi connectivity index (χ3v) is 4.85. The van der Waals surface area contributed by atoms with Gasteiger partial charge in [-0.2, -0.15) is 0 Å². The monoisotopic (exact) mass is 356 g/mol. The van der Waals surface area contributed by atoms with Crippen molar-refractivity contribution in [3.05, 3.63) is 53.2 Å². The van der Waals surface area contributed by atoms with Crippen LogP contribution in [0.3, 0.4) is 0 Å². The zero-order valence-electron chi connectivity index (χ0n) is 13.7. The summed E-state index contributed by atoms with van der Waals surface area (Å²) in [6.45, 7) is 4.09. The summed E-state index contributed by atoms with van der Waals surface area (Å²) in [6.07, 6.45) is 1.58. The van der Waals surface area contributed by atoms with Gasteiger partial charge in [-0.25, -0.2) is 4.98 Å². The fourth-order valence-corrected chi connectivity index (χ4v) is 3.36. The third-order valence-electron chi connectivity index (χ3n) is 3.99. The molecule has 0 spiro atoms. The first kappa shape index (κ1) is 15.7. The summed E-state index contributed by atoms with van der Waals surface area (Å²) in [5.74, 6) is 1.82. The van der Waals surface area contributed by atoms with Crippen molar-refractivity contribution in [1.82, 2.24) is 10.3 Å². The summed E-state index contributed by atoms with van der Waals surface area (Å²) in [4.78, 5) is 17.0. The molecule has 0 aliphatic carbocycles. The van der Waals surface area contributed by atoms with Crippen molar-refractivity contribution in [2.45, 2.75) is 19.4 Å². The van der Waals surface area contributed by atoms with Crippen LogP contribution < -0.4 is 14.8 Å². The Morgan fingerprint density at radius 1 is 1.24 bits per heavy atom. The number of aromatic nitrogens is 1. The number of carbonyl (C=O) groups excluding carboxylic acids is 1. The van der Waals surface area contributed by atoms with Gasteiger partial charge in [0.15, 0.2) is 22.3 Å². The van der Waals surface area contributed by atoms with Crippen LogP contribution in [-0.4, -0.2) is 17.7 Å². The van der Waals surface area contributed by atoms with E-state index < -0.39 is 5.54 Å². The normalized spacial score (nSPS) is 13.0. The van der Waals surface area contributed by atoms with E-state index in [0.29, 0.717) is 28.0 Å². The second-order valence-electron chi connectivity index (χ2n) is 6.16. The maximum Gasteiger partial charge on any atom is 0.271 e. The summed E-state index contributed by atoms with van der Waals surface area (Å²) in [7, 11) is 0. The molecule has 4 rings (SSSR count). The Labute approximate surface area is 148 Å². The fourth-order valence-electron chi connectivity index (χ4n) is 2.60. The van der Waals surface area contributed by atoms with Gasteiger partial charge in [-0.1, -0.05) is 6.07 Å². The summed E-state index contributed by atoms with van der Waals surface area (Å²) in [6, 6.07) is 9.26. The predicted molar refractivity (Wildman–Crippen MR) is 92.9 cm³/mol. The fraction of sp³-hybridized carbons (Fsp3) is 0.222. The molecule has 6 nitrogen and oxygen atoms in total. The Morgan fingerprint density at radius 2 is 2.08 bits per heavy atom. The summed E-state index contributed by atoms with van der Waals surface area (Å²) in [5.41, 5.74) is 0.698. The molecule has 0 saturated heterocycles. The molecule has 7 heteroatoms. The lowest BCUT2D eigenvalue weighted by atomic mass is 9.93. The van der Waals surface area contributed by atoms with Crippen LogP contribution in [-0.2, 0) is 5.54 Å². The lowest BCUT2D eigenvalue weighted by Crippen LogP contribution is -2.41. The van der Waals surface area contributed by atoms with Crippen LogP contribution in [0, 0.1) is 0 Å². The van der Waals surface area contributed by atoms with Gasteiger partial charge in [0.05, 0.1) is 11.8 Å². The van der Waals surface area contributed by atoms with Gasteiger partial charge in [0, 0.05) is 5.38 Å².